The van der Waals surface area contributed by atoms with Crippen LogP contribution in [0.2, 0.25) is 0 Å². The van der Waals surface area contributed by atoms with Crippen LogP contribution in [0.25, 0.3) is 6.08 Å². The van der Waals surface area contributed by atoms with Crippen LogP contribution >= 0.6 is 11.8 Å². The number of carbonyl (C=O) groups is 3. The molecule has 8 nitrogen and oxygen atoms in total. The number of ether oxygens (including phenoxy) is 2. The highest BCUT2D eigenvalue weighted by molar-refractivity contribution is 8.00. The minimum Gasteiger partial charge on any atom is -0.497 e. The fourth-order valence-corrected chi connectivity index (χ4v) is 5.78. The van der Waals surface area contributed by atoms with Crippen LogP contribution in [0.15, 0.2) is 144 Å². The second-order valence-electron chi connectivity index (χ2n) is 10.9. The van der Waals surface area contributed by atoms with Gasteiger partial charge in [0.2, 0.25) is 5.91 Å². The van der Waals surface area contributed by atoms with Crippen molar-refractivity contribution >= 4 is 46.9 Å². The fourth-order valence-electron chi connectivity index (χ4n) is 4.77. The first-order valence-electron chi connectivity index (χ1n) is 15.8. The molecule has 0 aliphatic carbocycles. The summed E-state index contributed by atoms with van der Waals surface area (Å²) < 4.78 is 11.2. The van der Waals surface area contributed by atoms with Gasteiger partial charge in [-0.25, -0.2) is 0 Å². The minimum atomic E-state index is -0.501. The van der Waals surface area contributed by atoms with Crippen LogP contribution in [-0.2, 0) is 16.2 Å². The largest absolute Gasteiger partial charge is 0.497 e. The van der Waals surface area contributed by atoms with E-state index in [0.717, 1.165) is 10.5 Å². The van der Waals surface area contributed by atoms with Crippen LogP contribution in [0.1, 0.15) is 34.8 Å². The van der Waals surface area contributed by atoms with Crippen molar-refractivity contribution in [2.24, 2.45) is 0 Å². The number of amides is 3. The van der Waals surface area contributed by atoms with Crippen molar-refractivity contribution in [2.75, 3.05) is 17.7 Å². The molecule has 9 heteroatoms. The Morgan fingerprint density at radius 2 is 1.41 bits per heavy atom. The van der Waals surface area contributed by atoms with E-state index in [1.165, 1.54) is 11.8 Å². The lowest BCUT2D eigenvalue weighted by Gasteiger charge is -2.16. The average molecular weight is 672 g/mol. The van der Waals surface area contributed by atoms with Crippen molar-refractivity contribution in [1.29, 1.82) is 0 Å². The molecule has 248 valence electrons. The van der Waals surface area contributed by atoms with E-state index in [1.54, 1.807) is 55.7 Å². The van der Waals surface area contributed by atoms with Gasteiger partial charge < -0.3 is 25.4 Å². The second-order valence-corrected chi connectivity index (χ2v) is 12.2. The van der Waals surface area contributed by atoms with Gasteiger partial charge in [0.1, 0.15) is 23.8 Å². The lowest BCUT2D eigenvalue weighted by molar-refractivity contribution is -0.116. The molecule has 0 aromatic heterocycles. The highest BCUT2D eigenvalue weighted by Crippen LogP contribution is 2.29. The topological polar surface area (TPSA) is 106 Å². The lowest BCUT2D eigenvalue weighted by atomic mass is 10.1. The maximum Gasteiger partial charge on any atom is 0.272 e. The molecule has 3 amide bonds. The number of hydrogen-bond acceptors (Lipinski definition) is 6. The normalized spacial score (nSPS) is 11.6. The highest BCUT2D eigenvalue weighted by Gasteiger charge is 2.20. The van der Waals surface area contributed by atoms with Crippen molar-refractivity contribution in [3.8, 4) is 11.5 Å². The minimum absolute atomic E-state index is 0.0639. The molecule has 3 N–H and O–H groups in total. The van der Waals surface area contributed by atoms with Crippen LogP contribution in [-0.4, -0.2) is 30.1 Å². The van der Waals surface area contributed by atoms with Crippen LogP contribution in [0, 0.1) is 0 Å². The van der Waals surface area contributed by atoms with Gasteiger partial charge in [-0.1, -0.05) is 79.7 Å². The zero-order chi connectivity index (χ0) is 34.4. The van der Waals surface area contributed by atoms with Gasteiger partial charge in [-0.15, -0.1) is 11.8 Å². The molecule has 0 bridgehead atoms. The number of carbonyl (C=O) groups excluding carboxylic acids is 3. The molecular formula is C40H37N3O5S. The van der Waals surface area contributed by atoms with Crippen molar-refractivity contribution in [3.63, 3.8) is 0 Å². The predicted octanol–water partition coefficient (Wildman–Crippen LogP) is 8.19. The van der Waals surface area contributed by atoms with Gasteiger partial charge in [-0.05, 0) is 78.2 Å². The van der Waals surface area contributed by atoms with Crippen LogP contribution in [0.3, 0.4) is 0 Å². The first-order chi connectivity index (χ1) is 23.9. The molecule has 0 aliphatic rings. The molecule has 0 saturated carbocycles. The van der Waals surface area contributed by atoms with E-state index in [9.17, 15) is 14.4 Å². The van der Waals surface area contributed by atoms with E-state index in [4.69, 9.17) is 9.47 Å². The Bertz CT molecular complexity index is 1900. The molecule has 0 fully saturated rings. The smallest absolute Gasteiger partial charge is 0.272 e. The zero-order valence-corrected chi connectivity index (χ0v) is 28.0. The summed E-state index contributed by atoms with van der Waals surface area (Å²) in [6.45, 7) is 2.38. The number of nitrogens with one attached hydrogen (secondary N) is 3. The van der Waals surface area contributed by atoms with E-state index in [0.29, 0.717) is 47.0 Å². The average Bonchev–Trinajstić information content (AvgIpc) is 3.14. The summed E-state index contributed by atoms with van der Waals surface area (Å²) in [6.07, 6.45) is 2.21. The first kappa shape index (κ1) is 34.5. The summed E-state index contributed by atoms with van der Waals surface area (Å²) in [7, 11) is 1.58. The van der Waals surface area contributed by atoms with Gasteiger partial charge in [0.05, 0.1) is 12.4 Å². The highest BCUT2D eigenvalue weighted by atomic mass is 32.2. The summed E-state index contributed by atoms with van der Waals surface area (Å²) in [5.74, 6) is 0.276. The number of methoxy groups -OCH3 is 1. The number of benzene rings is 5. The van der Waals surface area contributed by atoms with Crippen molar-refractivity contribution in [3.05, 3.63) is 156 Å². The van der Waals surface area contributed by atoms with Crippen LogP contribution < -0.4 is 25.4 Å². The summed E-state index contributed by atoms with van der Waals surface area (Å²) in [6, 6.07) is 40.3. The van der Waals surface area contributed by atoms with E-state index < -0.39 is 11.8 Å². The van der Waals surface area contributed by atoms with E-state index in [-0.39, 0.29) is 16.9 Å². The number of thioether (sulfide) groups is 1. The number of rotatable bonds is 14. The molecule has 5 rings (SSSR count). The Balaban J connectivity index is 1.29. The zero-order valence-electron chi connectivity index (χ0n) is 27.2. The molecular weight excluding hydrogens is 635 g/mol. The molecule has 1 unspecified atom stereocenters. The third-order valence-electron chi connectivity index (χ3n) is 7.34. The molecule has 0 heterocycles. The summed E-state index contributed by atoms with van der Waals surface area (Å²) in [5.41, 5.74) is 3.40. The van der Waals surface area contributed by atoms with Gasteiger partial charge in [0, 0.05) is 27.9 Å². The maximum atomic E-state index is 13.7. The Labute approximate surface area is 290 Å². The Hall–Kier alpha value is -5.80. The molecule has 0 spiro atoms. The predicted molar refractivity (Wildman–Crippen MR) is 196 cm³/mol. The SMILES string of the molecule is CCC(Sc1cccc(NC(=O)/C(=C\c2ccc(OCc3ccccc3)cc2)NC(=O)c2ccccc2)c1)C(=O)Nc1cccc(OC)c1. The summed E-state index contributed by atoms with van der Waals surface area (Å²) in [5, 5.41) is 8.26. The molecule has 0 aliphatic heterocycles. The molecule has 0 saturated heterocycles. The monoisotopic (exact) mass is 671 g/mol. The summed E-state index contributed by atoms with van der Waals surface area (Å²) >= 11 is 1.40. The quantitative estimate of drug-likeness (QED) is 0.0812. The molecule has 1 atom stereocenters. The van der Waals surface area contributed by atoms with Crippen LogP contribution in [0.5, 0.6) is 11.5 Å². The fraction of sp³-hybridized carbons (Fsp3) is 0.125. The van der Waals surface area contributed by atoms with Crippen molar-refractivity contribution in [2.45, 2.75) is 30.1 Å². The van der Waals surface area contributed by atoms with Crippen molar-refractivity contribution in [1.82, 2.24) is 5.32 Å². The molecule has 5 aromatic carbocycles. The lowest BCUT2D eigenvalue weighted by Crippen LogP contribution is -2.30. The molecule has 5 aromatic rings. The van der Waals surface area contributed by atoms with Gasteiger partial charge in [0.25, 0.3) is 11.8 Å². The number of anilines is 2. The first-order valence-corrected chi connectivity index (χ1v) is 16.7. The Morgan fingerprint density at radius 1 is 0.735 bits per heavy atom. The van der Waals surface area contributed by atoms with Gasteiger partial charge in [-0.3, -0.25) is 14.4 Å². The maximum absolute atomic E-state index is 13.7. The number of hydrogen-bond donors (Lipinski definition) is 3. The Morgan fingerprint density at radius 3 is 2.10 bits per heavy atom. The van der Waals surface area contributed by atoms with E-state index in [2.05, 4.69) is 16.0 Å². The molecule has 49 heavy (non-hydrogen) atoms. The van der Waals surface area contributed by atoms with E-state index >= 15 is 0 Å². The second kappa shape index (κ2) is 17.4. The third-order valence-corrected chi connectivity index (χ3v) is 8.70. The Kier molecular flexibility index (Phi) is 12.2. The van der Waals surface area contributed by atoms with Gasteiger partial charge in [0.15, 0.2) is 0 Å². The van der Waals surface area contributed by atoms with Crippen LogP contribution in [0.4, 0.5) is 11.4 Å². The summed E-state index contributed by atoms with van der Waals surface area (Å²) in [4.78, 5) is 40.7. The van der Waals surface area contributed by atoms with E-state index in [1.807, 2.05) is 97.9 Å². The standard InChI is InChI=1S/C40H37N3O5S/c1-3-37(40(46)42-31-16-10-18-34(25-31)47-2)49-35-19-11-17-32(26-35)41-39(45)36(43-38(44)30-14-8-5-9-15-30)24-28-20-22-33(23-21-28)48-27-29-12-6-4-7-13-29/h4-26,37H,3,27H2,1-2H3,(H,41,45)(H,42,46)(H,43,44)/b36-24+. The van der Waals surface area contributed by atoms with Gasteiger partial charge >= 0.3 is 0 Å². The van der Waals surface area contributed by atoms with Gasteiger partial charge in [-0.2, -0.15) is 0 Å². The molecule has 0 radical (unpaired) electrons. The third kappa shape index (κ3) is 10.3. The van der Waals surface area contributed by atoms with Crippen molar-refractivity contribution < 1.29 is 23.9 Å².